The second-order valence-electron chi connectivity index (χ2n) is 8.71. The van der Waals surface area contributed by atoms with Gasteiger partial charge in [0.25, 0.3) is 15.9 Å². The zero-order valence-electron chi connectivity index (χ0n) is 21.0. The van der Waals surface area contributed by atoms with Crippen molar-refractivity contribution in [1.82, 2.24) is 9.99 Å². The zero-order chi connectivity index (χ0) is 27.4. The summed E-state index contributed by atoms with van der Waals surface area (Å²) in [6, 6.07) is 19.2. The highest BCUT2D eigenvalue weighted by atomic mass is 32.2. The van der Waals surface area contributed by atoms with Gasteiger partial charge in [0.1, 0.15) is 18.2 Å². The van der Waals surface area contributed by atoms with E-state index in [-0.39, 0.29) is 16.4 Å². The van der Waals surface area contributed by atoms with E-state index in [4.69, 9.17) is 0 Å². The predicted molar refractivity (Wildman–Crippen MR) is 143 cm³/mol. The Bertz CT molecular complexity index is 1600. The fraction of sp³-hybridized carbons (Fsp3) is 0.143. The average Bonchev–Trinajstić information content (AvgIpc) is 3.16. The van der Waals surface area contributed by atoms with Crippen molar-refractivity contribution in [2.45, 2.75) is 25.7 Å². The number of nitrogens with one attached hydrogen (secondary N) is 1. The summed E-state index contributed by atoms with van der Waals surface area (Å²) >= 11 is 0. The molecule has 196 valence electrons. The van der Waals surface area contributed by atoms with Gasteiger partial charge in [0.15, 0.2) is 0 Å². The van der Waals surface area contributed by atoms with Gasteiger partial charge in [-0.05, 0) is 75.4 Å². The normalized spacial score (nSPS) is 11.6. The molecular formula is C28H26F2N4O3S. The van der Waals surface area contributed by atoms with Crippen LogP contribution in [0.2, 0.25) is 0 Å². The molecule has 0 aliphatic carbocycles. The standard InChI is InChI=1S/C28H26F2N4O3S/c1-19-8-12-24(13-9-19)33(38(36,37)25-14-10-23(29)11-15-25)18-28(35)32-31-17-22-16-20(2)34(21(22)3)27-7-5-4-6-26(27)30/h4-17H,18H2,1-3H3,(H,32,35)/b31-17+. The average molecular weight is 537 g/mol. The Morgan fingerprint density at radius 2 is 1.63 bits per heavy atom. The van der Waals surface area contributed by atoms with Crippen LogP contribution in [-0.2, 0) is 14.8 Å². The van der Waals surface area contributed by atoms with Gasteiger partial charge >= 0.3 is 0 Å². The lowest BCUT2D eigenvalue weighted by molar-refractivity contribution is -0.119. The fourth-order valence-corrected chi connectivity index (χ4v) is 5.44. The van der Waals surface area contributed by atoms with Gasteiger partial charge in [-0.2, -0.15) is 5.10 Å². The molecule has 0 unspecified atom stereocenters. The van der Waals surface area contributed by atoms with Crippen molar-refractivity contribution in [2.24, 2.45) is 5.10 Å². The molecule has 0 fully saturated rings. The maximum absolute atomic E-state index is 14.3. The molecule has 0 bridgehead atoms. The lowest BCUT2D eigenvalue weighted by atomic mass is 10.2. The van der Waals surface area contributed by atoms with Gasteiger partial charge in [-0.1, -0.05) is 29.8 Å². The third kappa shape index (κ3) is 5.65. The number of hydrogen-bond donors (Lipinski definition) is 1. The van der Waals surface area contributed by atoms with Crippen molar-refractivity contribution in [1.29, 1.82) is 0 Å². The number of aromatic nitrogens is 1. The number of hydrazone groups is 1. The monoisotopic (exact) mass is 536 g/mol. The van der Waals surface area contributed by atoms with E-state index in [2.05, 4.69) is 10.5 Å². The summed E-state index contributed by atoms with van der Waals surface area (Å²) in [4.78, 5) is 12.6. The molecule has 1 amide bonds. The number of benzene rings is 3. The van der Waals surface area contributed by atoms with Gasteiger partial charge in [-0.15, -0.1) is 0 Å². The number of sulfonamides is 1. The lowest BCUT2D eigenvalue weighted by Gasteiger charge is -2.23. The molecule has 1 heterocycles. The summed E-state index contributed by atoms with van der Waals surface area (Å²) in [7, 11) is -4.18. The molecule has 0 spiro atoms. The minimum Gasteiger partial charge on any atom is -0.315 e. The van der Waals surface area contributed by atoms with E-state index in [0.717, 1.165) is 39.8 Å². The first-order valence-corrected chi connectivity index (χ1v) is 13.1. The number of nitrogens with zero attached hydrogens (tertiary/aromatic N) is 3. The number of carbonyl (C=O) groups excluding carboxylic acids is 1. The predicted octanol–water partition coefficient (Wildman–Crippen LogP) is 5.03. The topological polar surface area (TPSA) is 83.8 Å². The Morgan fingerprint density at radius 1 is 0.974 bits per heavy atom. The highest BCUT2D eigenvalue weighted by molar-refractivity contribution is 7.92. The molecule has 1 N–H and O–H groups in total. The molecule has 0 radical (unpaired) electrons. The van der Waals surface area contributed by atoms with E-state index >= 15 is 0 Å². The van der Waals surface area contributed by atoms with E-state index in [9.17, 15) is 22.0 Å². The number of carbonyl (C=O) groups is 1. The number of amides is 1. The molecule has 0 aliphatic rings. The Labute approximate surface area is 220 Å². The van der Waals surface area contributed by atoms with Crippen LogP contribution >= 0.6 is 0 Å². The molecule has 0 atom stereocenters. The Kier molecular flexibility index (Phi) is 7.72. The van der Waals surface area contributed by atoms with Gasteiger partial charge in [0.2, 0.25) is 0 Å². The van der Waals surface area contributed by atoms with Gasteiger partial charge in [0.05, 0.1) is 22.5 Å². The summed E-state index contributed by atoms with van der Waals surface area (Å²) in [5, 5.41) is 4.00. The van der Waals surface area contributed by atoms with Crippen molar-refractivity contribution < 1.29 is 22.0 Å². The molecule has 3 aromatic carbocycles. The second kappa shape index (κ2) is 11.0. The van der Waals surface area contributed by atoms with Crippen molar-refractivity contribution in [3.8, 4) is 5.69 Å². The molecule has 0 saturated heterocycles. The number of para-hydroxylation sites is 1. The summed E-state index contributed by atoms with van der Waals surface area (Å²) in [5.74, 6) is -1.63. The molecule has 7 nitrogen and oxygen atoms in total. The van der Waals surface area contributed by atoms with E-state index in [1.807, 2.05) is 13.8 Å². The molecular weight excluding hydrogens is 510 g/mol. The van der Waals surface area contributed by atoms with Crippen molar-refractivity contribution >= 4 is 27.8 Å². The van der Waals surface area contributed by atoms with Crippen LogP contribution in [0.4, 0.5) is 14.5 Å². The molecule has 0 aliphatic heterocycles. The fourth-order valence-electron chi connectivity index (χ4n) is 4.02. The third-order valence-corrected chi connectivity index (χ3v) is 7.76. The highest BCUT2D eigenvalue weighted by Gasteiger charge is 2.27. The lowest BCUT2D eigenvalue weighted by Crippen LogP contribution is -2.39. The largest absolute Gasteiger partial charge is 0.315 e. The number of hydrogen-bond acceptors (Lipinski definition) is 4. The van der Waals surface area contributed by atoms with Crippen LogP contribution in [0.25, 0.3) is 5.69 Å². The third-order valence-electron chi connectivity index (χ3n) is 5.97. The van der Waals surface area contributed by atoms with Crippen LogP contribution in [0.1, 0.15) is 22.5 Å². The smallest absolute Gasteiger partial charge is 0.264 e. The van der Waals surface area contributed by atoms with E-state index < -0.39 is 28.3 Å². The number of anilines is 1. The first-order chi connectivity index (χ1) is 18.1. The highest BCUT2D eigenvalue weighted by Crippen LogP contribution is 2.25. The Balaban J connectivity index is 1.56. The minimum absolute atomic E-state index is 0.156. The summed E-state index contributed by atoms with van der Waals surface area (Å²) in [6.45, 7) is 4.92. The van der Waals surface area contributed by atoms with Crippen LogP contribution in [0.3, 0.4) is 0 Å². The van der Waals surface area contributed by atoms with Crippen LogP contribution < -0.4 is 9.73 Å². The SMILES string of the molecule is Cc1ccc(N(CC(=O)N/N=C/c2cc(C)n(-c3ccccc3F)c2C)S(=O)(=O)c2ccc(F)cc2)cc1. The summed E-state index contributed by atoms with van der Waals surface area (Å²) in [5.41, 5.74) is 6.08. The van der Waals surface area contributed by atoms with Crippen LogP contribution in [0, 0.1) is 32.4 Å². The Morgan fingerprint density at radius 3 is 2.29 bits per heavy atom. The van der Waals surface area contributed by atoms with Gasteiger partial charge in [-0.25, -0.2) is 22.6 Å². The van der Waals surface area contributed by atoms with Crippen LogP contribution in [-0.4, -0.2) is 31.7 Å². The first-order valence-electron chi connectivity index (χ1n) is 11.7. The van der Waals surface area contributed by atoms with Gasteiger partial charge in [0, 0.05) is 17.0 Å². The maximum Gasteiger partial charge on any atom is 0.264 e. The number of aryl methyl sites for hydroxylation is 2. The molecule has 0 saturated carbocycles. The second-order valence-corrected chi connectivity index (χ2v) is 10.6. The molecule has 4 rings (SSSR count). The van der Waals surface area contributed by atoms with Crippen LogP contribution in [0.15, 0.2) is 88.9 Å². The molecule has 10 heteroatoms. The molecule has 38 heavy (non-hydrogen) atoms. The zero-order valence-corrected chi connectivity index (χ0v) is 21.8. The van der Waals surface area contributed by atoms with Crippen LogP contribution in [0.5, 0.6) is 0 Å². The van der Waals surface area contributed by atoms with Gasteiger partial charge < -0.3 is 4.57 Å². The summed E-state index contributed by atoms with van der Waals surface area (Å²) in [6.07, 6.45) is 1.42. The summed E-state index contributed by atoms with van der Waals surface area (Å²) < 4.78 is 57.1. The molecule has 4 aromatic rings. The van der Waals surface area contributed by atoms with E-state index in [1.54, 1.807) is 60.0 Å². The van der Waals surface area contributed by atoms with E-state index in [0.29, 0.717) is 16.9 Å². The first kappa shape index (κ1) is 26.7. The van der Waals surface area contributed by atoms with Crippen molar-refractivity contribution in [3.05, 3.63) is 113 Å². The van der Waals surface area contributed by atoms with Crippen molar-refractivity contribution in [3.63, 3.8) is 0 Å². The number of halogens is 2. The Hall–Kier alpha value is -4.31. The number of rotatable bonds is 8. The molecule has 1 aromatic heterocycles. The minimum atomic E-state index is -4.18. The van der Waals surface area contributed by atoms with Crippen molar-refractivity contribution in [2.75, 3.05) is 10.8 Å². The van der Waals surface area contributed by atoms with Gasteiger partial charge in [-0.3, -0.25) is 9.10 Å². The quantitative estimate of drug-likeness (QED) is 0.253. The maximum atomic E-state index is 14.3. The van der Waals surface area contributed by atoms with E-state index in [1.165, 1.54) is 12.3 Å².